The van der Waals surface area contributed by atoms with Gasteiger partial charge in [0, 0.05) is 32.2 Å². The Bertz CT molecular complexity index is 1080. The van der Waals surface area contributed by atoms with Gasteiger partial charge in [-0.1, -0.05) is 29.8 Å². The Balaban J connectivity index is 1.63. The number of hydrogen-bond donors (Lipinski definition) is 0. The first-order valence-electron chi connectivity index (χ1n) is 9.83. The zero-order chi connectivity index (χ0) is 22.8. The maximum atomic E-state index is 13.2. The van der Waals surface area contributed by atoms with Gasteiger partial charge in [-0.3, -0.25) is 14.9 Å². The Labute approximate surface area is 181 Å². The smallest absolute Gasteiger partial charge is 0.310 e. The summed E-state index contributed by atoms with van der Waals surface area (Å²) < 4.78 is 33.1. The number of hydrogen-bond acceptors (Lipinski definition) is 6. The molecule has 9 nitrogen and oxygen atoms in total. The SMILES string of the molecule is Cc1cc(C)c(S(=O)(=O)N2CCN(C(=O)COc3ccccc3[N+](=O)[O-])CC2)c(C)c1. The molecule has 0 spiro atoms. The zero-order valence-electron chi connectivity index (χ0n) is 17.7. The highest BCUT2D eigenvalue weighted by Crippen LogP contribution is 2.27. The molecule has 0 saturated carbocycles. The van der Waals surface area contributed by atoms with Crippen molar-refractivity contribution in [2.75, 3.05) is 32.8 Å². The minimum atomic E-state index is -3.67. The first-order chi connectivity index (χ1) is 14.6. The van der Waals surface area contributed by atoms with Crippen molar-refractivity contribution in [3.05, 3.63) is 63.2 Å². The average Bonchev–Trinajstić information content (AvgIpc) is 2.71. The van der Waals surface area contributed by atoms with Crippen LogP contribution in [-0.2, 0) is 14.8 Å². The van der Waals surface area contributed by atoms with E-state index >= 15 is 0 Å². The number of benzene rings is 2. The van der Waals surface area contributed by atoms with E-state index in [1.54, 1.807) is 19.9 Å². The van der Waals surface area contributed by atoms with Gasteiger partial charge in [-0.15, -0.1) is 0 Å². The predicted octanol–water partition coefficient (Wildman–Crippen LogP) is 2.43. The molecule has 1 aliphatic rings. The van der Waals surface area contributed by atoms with E-state index in [2.05, 4.69) is 0 Å². The van der Waals surface area contributed by atoms with E-state index in [0.717, 1.165) is 5.56 Å². The summed E-state index contributed by atoms with van der Waals surface area (Å²) in [6.07, 6.45) is 0. The first kappa shape index (κ1) is 22.7. The van der Waals surface area contributed by atoms with Crippen molar-refractivity contribution < 1.29 is 22.9 Å². The molecule has 0 atom stereocenters. The molecule has 1 saturated heterocycles. The monoisotopic (exact) mass is 447 g/mol. The van der Waals surface area contributed by atoms with Crippen molar-refractivity contribution in [2.24, 2.45) is 0 Å². The van der Waals surface area contributed by atoms with Gasteiger partial charge in [0.2, 0.25) is 10.0 Å². The number of sulfonamides is 1. The van der Waals surface area contributed by atoms with Gasteiger partial charge >= 0.3 is 5.69 Å². The second-order valence-electron chi connectivity index (χ2n) is 7.53. The lowest BCUT2D eigenvalue weighted by molar-refractivity contribution is -0.385. The molecule has 0 unspecified atom stereocenters. The van der Waals surface area contributed by atoms with Crippen LogP contribution in [-0.4, -0.2) is 61.2 Å². The molecule has 0 aliphatic carbocycles. The molecule has 166 valence electrons. The van der Waals surface area contributed by atoms with Gasteiger partial charge < -0.3 is 9.64 Å². The molecule has 10 heteroatoms. The molecule has 0 aromatic heterocycles. The molecule has 2 aromatic rings. The maximum Gasteiger partial charge on any atom is 0.310 e. The Morgan fingerprint density at radius 1 is 1.06 bits per heavy atom. The summed E-state index contributed by atoms with van der Waals surface area (Å²) in [4.78, 5) is 24.8. The average molecular weight is 448 g/mol. The number of amides is 1. The van der Waals surface area contributed by atoms with Gasteiger partial charge in [-0.25, -0.2) is 8.42 Å². The number of piperazine rings is 1. The highest BCUT2D eigenvalue weighted by atomic mass is 32.2. The molecule has 2 aromatic carbocycles. The molecule has 3 rings (SSSR count). The number of ether oxygens (including phenoxy) is 1. The Hall–Kier alpha value is -2.98. The Morgan fingerprint density at radius 2 is 1.65 bits per heavy atom. The molecule has 0 bridgehead atoms. The fraction of sp³-hybridized carbons (Fsp3) is 0.381. The van der Waals surface area contributed by atoms with E-state index < -0.39 is 14.9 Å². The Kier molecular flexibility index (Phi) is 6.61. The highest BCUT2D eigenvalue weighted by molar-refractivity contribution is 7.89. The number of rotatable bonds is 6. The molecule has 1 aliphatic heterocycles. The third-order valence-corrected chi connectivity index (χ3v) is 7.41. The largest absolute Gasteiger partial charge is 0.477 e. The molecular formula is C21H25N3O6S. The van der Waals surface area contributed by atoms with E-state index in [9.17, 15) is 23.3 Å². The van der Waals surface area contributed by atoms with Crippen LogP contribution >= 0.6 is 0 Å². The number of carbonyl (C=O) groups excluding carboxylic acids is 1. The summed E-state index contributed by atoms with van der Waals surface area (Å²) in [7, 11) is -3.67. The van der Waals surface area contributed by atoms with Gasteiger partial charge in [0.15, 0.2) is 12.4 Å². The predicted molar refractivity (Wildman–Crippen MR) is 115 cm³/mol. The Morgan fingerprint density at radius 3 is 2.23 bits per heavy atom. The molecule has 0 N–H and O–H groups in total. The second-order valence-corrected chi connectivity index (χ2v) is 9.40. The van der Waals surface area contributed by atoms with Crippen LogP contribution in [0.3, 0.4) is 0 Å². The van der Waals surface area contributed by atoms with Crippen LogP contribution in [0.15, 0.2) is 41.3 Å². The molecule has 1 amide bonds. The lowest BCUT2D eigenvalue weighted by atomic mass is 10.1. The van der Waals surface area contributed by atoms with E-state index in [4.69, 9.17) is 4.74 Å². The quantitative estimate of drug-likeness (QED) is 0.497. The van der Waals surface area contributed by atoms with E-state index in [1.165, 1.54) is 27.4 Å². The number of carbonyl (C=O) groups is 1. The van der Waals surface area contributed by atoms with Crippen molar-refractivity contribution in [2.45, 2.75) is 25.7 Å². The van der Waals surface area contributed by atoms with E-state index in [0.29, 0.717) is 16.0 Å². The summed E-state index contributed by atoms with van der Waals surface area (Å²) in [5, 5.41) is 11.0. The standard InChI is InChI=1S/C21H25N3O6S/c1-15-12-16(2)21(17(3)13-15)31(28,29)23-10-8-22(9-11-23)20(25)14-30-19-7-5-4-6-18(19)24(26)27/h4-7,12-13H,8-11,14H2,1-3H3. The zero-order valence-corrected chi connectivity index (χ0v) is 18.5. The normalized spacial score (nSPS) is 15.0. The lowest BCUT2D eigenvalue weighted by Gasteiger charge is -2.34. The van der Waals surface area contributed by atoms with Gasteiger partial charge in [-0.05, 0) is 38.0 Å². The van der Waals surface area contributed by atoms with Crippen LogP contribution in [0, 0.1) is 30.9 Å². The van der Waals surface area contributed by atoms with Crippen molar-refractivity contribution in [3.63, 3.8) is 0 Å². The third-order valence-electron chi connectivity index (χ3n) is 5.21. The first-order valence-corrected chi connectivity index (χ1v) is 11.3. The summed E-state index contributed by atoms with van der Waals surface area (Å²) in [5.74, 6) is -0.328. The molecule has 1 heterocycles. The van der Waals surface area contributed by atoms with Crippen LogP contribution in [0.25, 0.3) is 0 Å². The van der Waals surface area contributed by atoms with Crippen molar-refractivity contribution >= 4 is 21.6 Å². The number of nitrogens with zero attached hydrogens (tertiary/aromatic N) is 3. The van der Waals surface area contributed by atoms with Gasteiger partial charge in [0.1, 0.15) is 0 Å². The van der Waals surface area contributed by atoms with Crippen molar-refractivity contribution in [3.8, 4) is 5.75 Å². The lowest BCUT2D eigenvalue weighted by Crippen LogP contribution is -2.51. The highest BCUT2D eigenvalue weighted by Gasteiger charge is 2.32. The fourth-order valence-corrected chi connectivity index (χ4v) is 5.68. The van der Waals surface area contributed by atoms with Crippen LogP contribution < -0.4 is 4.74 Å². The van der Waals surface area contributed by atoms with Gasteiger partial charge in [-0.2, -0.15) is 4.31 Å². The maximum absolute atomic E-state index is 13.2. The van der Waals surface area contributed by atoms with Crippen LogP contribution in [0.5, 0.6) is 5.75 Å². The summed E-state index contributed by atoms with van der Waals surface area (Å²) in [6, 6.07) is 9.54. The van der Waals surface area contributed by atoms with Crippen LogP contribution in [0.4, 0.5) is 5.69 Å². The van der Waals surface area contributed by atoms with Crippen LogP contribution in [0.2, 0.25) is 0 Å². The topological polar surface area (TPSA) is 110 Å². The summed E-state index contributed by atoms with van der Waals surface area (Å²) >= 11 is 0. The fourth-order valence-electron chi connectivity index (χ4n) is 3.84. The minimum Gasteiger partial charge on any atom is -0.477 e. The van der Waals surface area contributed by atoms with Gasteiger partial charge in [0.05, 0.1) is 9.82 Å². The molecule has 0 radical (unpaired) electrons. The molecule has 31 heavy (non-hydrogen) atoms. The minimum absolute atomic E-state index is 0.0207. The second kappa shape index (κ2) is 9.03. The van der Waals surface area contributed by atoms with Crippen LogP contribution in [0.1, 0.15) is 16.7 Å². The number of para-hydroxylation sites is 2. The molecular weight excluding hydrogens is 422 g/mol. The van der Waals surface area contributed by atoms with Crippen molar-refractivity contribution in [1.29, 1.82) is 0 Å². The van der Waals surface area contributed by atoms with E-state index in [1.807, 2.05) is 19.1 Å². The third kappa shape index (κ3) is 4.86. The summed E-state index contributed by atoms with van der Waals surface area (Å²) in [5.41, 5.74) is 2.20. The van der Waals surface area contributed by atoms with E-state index in [-0.39, 0.29) is 50.1 Å². The number of nitro groups is 1. The van der Waals surface area contributed by atoms with Crippen molar-refractivity contribution in [1.82, 2.24) is 9.21 Å². The van der Waals surface area contributed by atoms with Gasteiger partial charge in [0.25, 0.3) is 5.91 Å². The molecule has 1 fully saturated rings. The summed E-state index contributed by atoms with van der Waals surface area (Å²) in [6.45, 7) is 5.93. The number of nitro benzene ring substituents is 1. The number of aryl methyl sites for hydroxylation is 3.